The summed E-state index contributed by atoms with van der Waals surface area (Å²) in [5, 5.41) is 7.86. The third-order valence-electron chi connectivity index (χ3n) is 4.00. The lowest BCUT2D eigenvalue weighted by atomic mass is 10.0. The van der Waals surface area contributed by atoms with E-state index in [1.165, 1.54) is 23.5 Å². The molecule has 4 aromatic rings. The summed E-state index contributed by atoms with van der Waals surface area (Å²) in [5.41, 5.74) is 3.83. The van der Waals surface area contributed by atoms with Gasteiger partial charge in [0, 0.05) is 16.5 Å². The first-order chi connectivity index (χ1) is 12.9. The highest BCUT2D eigenvalue weighted by atomic mass is 32.2. The molecule has 0 radical (unpaired) electrons. The minimum absolute atomic E-state index is 0.527. The molecule has 8 heteroatoms. The summed E-state index contributed by atoms with van der Waals surface area (Å²) in [4.78, 5) is 4.08. The third-order valence-corrected chi connectivity index (χ3v) is 5.82. The Labute approximate surface area is 159 Å². The van der Waals surface area contributed by atoms with Gasteiger partial charge in [-0.15, -0.1) is 11.3 Å². The summed E-state index contributed by atoms with van der Waals surface area (Å²) in [6.07, 6.45) is 3.22. The fourth-order valence-electron chi connectivity index (χ4n) is 2.68. The first-order valence-electron chi connectivity index (χ1n) is 7.83. The number of primary sulfonamides is 1. The highest BCUT2D eigenvalue weighted by Crippen LogP contribution is 2.32. The van der Waals surface area contributed by atoms with Crippen LogP contribution in [0.25, 0.3) is 33.0 Å². The van der Waals surface area contributed by atoms with Crippen molar-refractivity contribution in [2.75, 3.05) is 0 Å². The number of hydrogen-bond donors (Lipinski definition) is 1. The Balaban J connectivity index is 1.74. The average Bonchev–Trinajstić information content (AvgIpc) is 3.33. The molecule has 2 aromatic heterocycles. The molecule has 0 saturated heterocycles. The number of sulfonamides is 1. The molecular formula is C19H13FN2O3S2. The molecular weight excluding hydrogens is 387 g/mol. The molecule has 0 saturated carbocycles. The maximum atomic E-state index is 13.8. The van der Waals surface area contributed by atoms with E-state index in [2.05, 4.69) is 4.98 Å². The highest BCUT2D eigenvalue weighted by molar-refractivity contribution is 7.89. The fraction of sp³-hybridized carbons (Fsp3) is 0. The molecule has 0 fully saturated rings. The second kappa shape index (κ2) is 6.73. The van der Waals surface area contributed by atoms with E-state index in [1.54, 1.807) is 12.5 Å². The Morgan fingerprint density at radius 2 is 1.78 bits per heavy atom. The van der Waals surface area contributed by atoms with Crippen LogP contribution in [0.2, 0.25) is 0 Å². The molecule has 0 aliphatic carbocycles. The molecule has 2 heterocycles. The van der Waals surface area contributed by atoms with E-state index in [-0.39, 0.29) is 0 Å². The van der Waals surface area contributed by atoms with Crippen LogP contribution in [0.1, 0.15) is 0 Å². The van der Waals surface area contributed by atoms with Crippen LogP contribution >= 0.6 is 11.3 Å². The van der Waals surface area contributed by atoms with Crippen LogP contribution in [0.15, 0.2) is 75.7 Å². The normalized spacial score (nSPS) is 11.6. The molecule has 0 unspecified atom stereocenters. The SMILES string of the molecule is NS(=O)(=O)c1cc(-c2cccc(-c3csc(-c4ccoc4)n3)c2)ccc1F. The number of thiazole rings is 1. The van der Waals surface area contributed by atoms with Crippen LogP contribution in [0.4, 0.5) is 4.39 Å². The Bertz CT molecular complexity index is 1220. The summed E-state index contributed by atoms with van der Waals surface area (Å²) in [6, 6.07) is 13.1. The molecule has 2 N–H and O–H groups in total. The van der Waals surface area contributed by atoms with Crippen LogP contribution < -0.4 is 5.14 Å². The third kappa shape index (κ3) is 3.55. The van der Waals surface area contributed by atoms with E-state index in [0.29, 0.717) is 5.56 Å². The van der Waals surface area contributed by atoms with Crippen molar-refractivity contribution < 1.29 is 17.2 Å². The van der Waals surface area contributed by atoms with Gasteiger partial charge in [-0.2, -0.15) is 0 Å². The van der Waals surface area contributed by atoms with Gasteiger partial charge in [-0.05, 0) is 35.4 Å². The number of rotatable bonds is 4. The van der Waals surface area contributed by atoms with Gasteiger partial charge in [-0.3, -0.25) is 0 Å². The number of benzene rings is 2. The lowest BCUT2D eigenvalue weighted by molar-refractivity contribution is 0.567. The quantitative estimate of drug-likeness (QED) is 0.545. The monoisotopic (exact) mass is 400 g/mol. The lowest BCUT2D eigenvalue weighted by Gasteiger charge is -2.07. The van der Waals surface area contributed by atoms with Gasteiger partial charge < -0.3 is 4.42 Å². The molecule has 2 aromatic carbocycles. The summed E-state index contributed by atoms with van der Waals surface area (Å²) in [7, 11) is -4.14. The van der Waals surface area contributed by atoms with Gasteiger partial charge in [0.15, 0.2) is 0 Å². The van der Waals surface area contributed by atoms with Crippen molar-refractivity contribution in [1.82, 2.24) is 4.98 Å². The minimum Gasteiger partial charge on any atom is -0.472 e. The molecule has 0 bridgehead atoms. The first kappa shape index (κ1) is 17.6. The van der Waals surface area contributed by atoms with Gasteiger partial charge in [0.1, 0.15) is 22.0 Å². The summed E-state index contributed by atoms with van der Waals surface area (Å²) < 4.78 is 42.0. The topological polar surface area (TPSA) is 86.2 Å². The maximum Gasteiger partial charge on any atom is 0.240 e. The predicted octanol–water partition coefficient (Wildman–Crippen LogP) is 4.52. The van der Waals surface area contributed by atoms with Crippen molar-refractivity contribution >= 4 is 21.4 Å². The van der Waals surface area contributed by atoms with E-state index < -0.39 is 20.7 Å². The van der Waals surface area contributed by atoms with Gasteiger partial charge in [0.05, 0.1) is 12.0 Å². The first-order valence-corrected chi connectivity index (χ1v) is 10.3. The zero-order valence-corrected chi connectivity index (χ0v) is 15.4. The number of furan rings is 1. The van der Waals surface area contributed by atoms with Crippen LogP contribution in [-0.2, 0) is 10.0 Å². The van der Waals surface area contributed by atoms with E-state index in [1.807, 2.05) is 35.7 Å². The molecule has 0 aliphatic rings. The Morgan fingerprint density at radius 3 is 2.52 bits per heavy atom. The summed E-state index contributed by atoms with van der Waals surface area (Å²) >= 11 is 1.50. The zero-order chi connectivity index (χ0) is 19.0. The molecule has 0 atom stereocenters. The number of hydrogen-bond acceptors (Lipinski definition) is 5. The second-order valence-electron chi connectivity index (χ2n) is 5.82. The van der Waals surface area contributed by atoms with E-state index >= 15 is 0 Å². The number of nitrogens with two attached hydrogens (primary N) is 1. The molecule has 0 spiro atoms. The molecule has 27 heavy (non-hydrogen) atoms. The molecule has 0 amide bonds. The number of nitrogens with zero attached hydrogens (tertiary/aromatic N) is 1. The Morgan fingerprint density at radius 1 is 1.00 bits per heavy atom. The van der Waals surface area contributed by atoms with Crippen molar-refractivity contribution in [2.24, 2.45) is 5.14 Å². The Hall–Kier alpha value is -2.81. The van der Waals surface area contributed by atoms with Gasteiger partial charge in [-0.1, -0.05) is 24.3 Å². The molecule has 0 aliphatic heterocycles. The van der Waals surface area contributed by atoms with Crippen LogP contribution in [-0.4, -0.2) is 13.4 Å². The molecule has 4 rings (SSSR count). The van der Waals surface area contributed by atoms with Gasteiger partial charge in [0.25, 0.3) is 0 Å². The second-order valence-corrected chi connectivity index (χ2v) is 8.21. The van der Waals surface area contributed by atoms with Crippen LogP contribution in [0.5, 0.6) is 0 Å². The minimum atomic E-state index is -4.14. The largest absolute Gasteiger partial charge is 0.472 e. The predicted molar refractivity (Wildman–Crippen MR) is 102 cm³/mol. The summed E-state index contributed by atoms with van der Waals surface area (Å²) in [6.45, 7) is 0. The van der Waals surface area contributed by atoms with Gasteiger partial charge in [0.2, 0.25) is 10.0 Å². The average molecular weight is 400 g/mol. The van der Waals surface area contributed by atoms with Crippen LogP contribution in [0.3, 0.4) is 0 Å². The summed E-state index contributed by atoms with van der Waals surface area (Å²) in [5.74, 6) is -0.873. The van der Waals surface area contributed by atoms with Gasteiger partial charge in [-0.25, -0.2) is 22.9 Å². The Kier molecular flexibility index (Phi) is 4.39. The van der Waals surface area contributed by atoms with Crippen molar-refractivity contribution in [3.8, 4) is 33.0 Å². The number of aromatic nitrogens is 1. The molecule has 5 nitrogen and oxygen atoms in total. The van der Waals surface area contributed by atoms with Gasteiger partial charge >= 0.3 is 0 Å². The van der Waals surface area contributed by atoms with E-state index in [9.17, 15) is 12.8 Å². The van der Waals surface area contributed by atoms with Crippen LogP contribution in [0, 0.1) is 5.82 Å². The fourth-order valence-corrected chi connectivity index (χ4v) is 4.13. The van der Waals surface area contributed by atoms with Crippen molar-refractivity contribution in [3.63, 3.8) is 0 Å². The number of halogens is 1. The zero-order valence-electron chi connectivity index (χ0n) is 13.8. The van der Waals surface area contributed by atoms with Crippen molar-refractivity contribution in [2.45, 2.75) is 4.90 Å². The smallest absolute Gasteiger partial charge is 0.240 e. The lowest BCUT2D eigenvalue weighted by Crippen LogP contribution is -2.14. The van der Waals surface area contributed by atoms with E-state index in [4.69, 9.17) is 9.56 Å². The maximum absolute atomic E-state index is 13.8. The molecule has 136 valence electrons. The highest BCUT2D eigenvalue weighted by Gasteiger charge is 2.16. The standard InChI is InChI=1S/C19H13FN2O3S2/c20-16-5-4-13(9-18(16)27(21,23)24)12-2-1-3-14(8-12)17-11-26-19(22-17)15-6-7-25-10-15/h1-11H,(H2,21,23,24). The van der Waals surface area contributed by atoms with Crippen molar-refractivity contribution in [3.05, 3.63) is 72.3 Å². The van der Waals surface area contributed by atoms with E-state index in [0.717, 1.165) is 33.5 Å². The van der Waals surface area contributed by atoms with Crippen molar-refractivity contribution in [1.29, 1.82) is 0 Å².